The third kappa shape index (κ3) is 5.00. The molecule has 3 N–H and O–H groups in total. The van der Waals surface area contributed by atoms with E-state index in [1.165, 1.54) is 17.6 Å². The first kappa shape index (κ1) is 20.8. The van der Waals surface area contributed by atoms with Gasteiger partial charge in [0.05, 0.1) is 35.0 Å². The van der Waals surface area contributed by atoms with Crippen LogP contribution in [0.1, 0.15) is 47.4 Å². The van der Waals surface area contributed by atoms with E-state index in [2.05, 4.69) is 32.5 Å². The molecule has 0 aliphatic carbocycles. The Balaban J connectivity index is 1.35. The van der Waals surface area contributed by atoms with Crippen molar-refractivity contribution in [2.75, 3.05) is 10.6 Å². The maximum Gasteiger partial charge on any atom is 0.260 e. The van der Waals surface area contributed by atoms with Gasteiger partial charge in [-0.2, -0.15) is 0 Å². The highest BCUT2D eigenvalue weighted by Crippen LogP contribution is 2.20. The number of unbranched alkanes of at least 4 members (excludes halogenated alkanes) is 1. The number of aryl methyl sites for hydroxylation is 2. The Morgan fingerprint density at radius 2 is 2.06 bits per heavy atom. The van der Waals surface area contributed by atoms with E-state index >= 15 is 0 Å². The van der Waals surface area contributed by atoms with Gasteiger partial charge in [0.1, 0.15) is 11.6 Å². The first-order chi connectivity index (χ1) is 15.0. The first-order valence-electron chi connectivity index (χ1n) is 10.1. The number of benzene rings is 1. The molecule has 2 amide bonds. The number of hydrogen-bond acceptors (Lipinski definition) is 6. The summed E-state index contributed by atoms with van der Waals surface area (Å²) in [5, 5.41) is 7.82. The zero-order chi connectivity index (χ0) is 21.8. The number of carbonyl (C=O) groups excluding carboxylic acids is 2. The summed E-state index contributed by atoms with van der Waals surface area (Å²) in [5.41, 5.74) is 3.53. The Hall–Kier alpha value is -3.46. The van der Waals surface area contributed by atoms with Crippen LogP contribution < -0.4 is 10.6 Å². The molecular formula is C22H23N5O3S. The standard InChI is InChI=1S/C22H23N5O3S/c1-3-4-5-19-25-17-7-6-14(10-18(17)26-19)23-20(28)11-15-12-31-22(24-15)27-21(29)16-8-9-30-13(16)2/h6-10,12H,3-5,11H2,1-2H3,(H,23,28)(H,25,26)(H,24,27,29). The molecule has 4 aromatic rings. The van der Waals surface area contributed by atoms with Gasteiger partial charge in [-0.3, -0.25) is 14.9 Å². The second kappa shape index (κ2) is 9.13. The molecular weight excluding hydrogens is 414 g/mol. The number of furan rings is 1. The monoisotopic (exact) mass is 437 g/mol. The fourth-order valence-electron chi connectivity index (χ4n) is 3.20. The van der Waals surface area contributed by atoms with Gasteiger partial charge in [-0.05, 0) is 37.6 Å². The van der Waals surface area contributed by atoms with Crippen molar-refractivity contribution in [2.45, 2.75) is 39.5 Å². The number of hydrogen-bond donors (Lipinski definition) is 3. The van der Waals surface area contributed by atoms with E-state index in [0.717, 1.165) is 36.1 Å². The molecule has 31 heavy (non-hydrogen) atoms. The minimum absolute atomic E-state index is 0.111. The zero-order valence-corrected chi connectivity index (χ0v) is 18.1. The van der Waals surface area contributed by atoms with Gasteiger partial charge < -0.3 is 14.7 Å². The van der Waals surface area contributed by atoms with Crippen LogP contribution in [0.5, 0.6) is 0 Å². The number of anilines is 2. The molecule has 8 nitrogen and oxygen atoms in total. The van der Waals surface area contributed by atoms with Crippen LogP contribution in [0.15, 0.2) is 40.3 Å². The van der Waals surface area contributed by atoms with Crippen LogP contribution in [0.25, 0.3) is 11.0 Å². The number of thiazole rings is 1. The lowest BCUT2D eigenvalue weighted by molar-refractivity contribution is -0.115. The Morgan fingerprint density at radius 3 is 2.84 bits per heavy atom. The smallest absolute Gasteiger partial charge is 0.260 e. The number of carbonyl (C=O) groups is 2. The summed E-state index contributed by atoms with van der Waals surface area (Å²) in [4.78, 5) is 36.9. The predicted molar refractivity (Wildman–Crippen MR) is 121 cm³/mol. The molecule has 0 atom stereocenters. The summed E-state index contributed by atoms with van der Waals surface area (Å²) < 4.78 is 5.15. The van der Waals surface area contributed by atoms with Crippen molar-refractivity contribution in [2.24, 2.45) is 0 Å². The number of aromatic nitrogens is 3. The molecule has 0 radical (unpaired) electrons. The summed E-state index contributed by atoms with van der Waals surface area (Å²) >= 11 is 1.27. The van der Waals surface area contributed by atoms with Gasteiger partial charge in [0.15, 0.2) is 5.13 Å². The van der Waals surface area contributed by atoms with Crippen molar-refractivity contribution in [1.29, 1.82) is 0 Å². The van der Waals surface area contributed by atoms with E-state index in [1.807, 2.05) is 18.2 Å². The van der Waals surface area contributed by atoms with Crippen molar-refractivity contribution in [3.8, 4) is 0 Å². The SMILES string of the molecule is CCCCc1nc2ccc(NC(=O)Cc3csc(NC(=O)c4ccoc4C)n3)cc2[nH]1. The summed E-state index contributed by atoms with van der Waals surface area (Å²) in [6, 6.07) is 7.22. The number of nitrogens with one attached hydrogen (secondary N) is 3. The molecule has 0 spiro atoms. The van der Waals surface area contributed by atoms with E-state index in [1.54, 1.807) is 18.4 Å². The van der Waals surface area contributed by atoms with E-state index < -0.39 is 0 Å². The van der Waals surface area contributed by atoms with Crippen molar-refractivity contribution in [1.82, 2.24) is 15.0 Å². The Labute approximate surface area is 183 Å². The first-order valence-corrected chi connectivity index (χ1v) is 11.0. The summed E-state index contributed by atoms with van der Waals surface area (Å²) in [6.45, 7) is 3.87. The van der Waals surface area contributed by atoms with E-state index in [0.29, 0.717) is 27.8 Å². The molecule has 1 aromatic carbocycles. The van der Waals surface area contributed by atoms with Gasteiger partial charge in [-0.15, -0.1) is 11.3 Å². The molecule has 4 rings (SSSR count). The third-order valence-corrected chi connectivity index (χ3v) is 5.61. The van der Waals surface area contributed by atoms with Crippen LogP contribution in [0.2, 0.25) is 0 Å². The predicted octanol–water partition coefficient (Wildman–Crippen LogP) is 4.70. The zero-order valence-electron chi connectivity index (χ0n) is 17.3. The van der Waals surface area contributed by atoms with Crippen LogP contribution in [-0.2, 0) is 17.6 Å². The normalized spacial score (nSPS) is 11.0. The highest BCUT2D eigenvalue weighted by molar-refractivity contribution is 7.14. The number of fused-ring (bicyclic) bond motifs is 1. The lowest BCUT2D eigenvalue weighted by Crippen LogP contribution is -2.15. The molecule has 0 saturated heterocycles. The lowest BCUT2D eigenvalue weighted by atomic mass is 10.2. The average molecular weight is 438 g/mol. The molecule has 160 valence electrons. The van der Waals surface area contributed by atoms with Gasteiger partial charge in [0.25, 0.3) is 5.91 Å². The quantitative estimate of drug-likeness (QED) is 0.370. The fraction of sp³-hybridized carbons (Fsp3) is 0.273. The van der Waals surface area contributed by atoms with Crippen LogP contribution >= 0.6 is 11.3 Å². The highest BCUT2D eigenvalue weighted by atomic mass is 32.1. The number of imidazole rings is 1. The largest absolute Gasteiger partial charge is 0.469 e. The average Bonchev–Trinajstić information content (AvgIpc) is 3.45. The van der Waals surface area contributed by atoms with Gasteiger partial charge in [-0.1, -0.05) is 13.3 Å². The van der Waals surface area contributed by atoms with Crippen LogP contribution in [0.4, 0.5) is 10.8 Å². The molecule has 0 unspecified atom stereocenters. The van der Waals surface area contributed by atoms with Crippen molar-refractivity contribution >= 4 is 45.0 Å². The lowest BCUT2D eigenvalue weighted by Gasteiger charge is -2.04. The molecule has 0 saturated carbocycles. The number of H-pyrrole nitrogens is 1. The van der Waals surface area contributed by atoms with Gasteiger partial charge in [-0.25, -0.2) is 9.97 Å². The maximum absolute atomic E-state index is 12.5. The number of amides is 2. The number of rotatable bonds is 8. The summed E-state index contributed by atoms with van der Waals surface area (Å²) in [7, 11) is 0. The van der Waals surface area contributed by atoms with Crippen molar-refractivity contribution < 1.29 is 14.0 Å². The fourth-order valence-corrected chi connectivity index (χ4v) is 3.91. The third-order valence-electron chi connectivity index (χ3n) is 4.80. The second-order valence-electron chi connectivity index (χ2n) is 7.23. The molecule has 0 bridgehead atoms. The van der Waals surface area contributed by atoms with Crippen LogP contribution in [0, 0.1) is 6.92 Å². The second-order valence-corrected chi connectivity index (χ2v) is 8.09. The Bertz CT molecular complexity index is 1220. The number of aromatic amines is 1. The summed E-state index contributed by atoms with van der Waals surface area (Å²) in [5.74, 6) is 1.03. The van der Waals surface area contributed by atoms with E-state index in [-0.39, 0.29) is 18.2 Å². The topological polar surface area (TPSA) is 113 Å². The molecule has 0 fully saturated rings. The van der Waals surface area contributed by atoms with Gasteiger partial charge >= 0.3 is 0 Å². The molecule has 0 aliphatic heterocycles. The van der Waals surface area contributed by atoms with Crippen LogP contribution in [-0.4, -0.2) is 26.8 Å². The van der Waals surface area contributed by atoms with Gasteiger partial charge in [0, 0.05) is 17.5 Å². The Morgan fingerprint density at radius 1 is 1.19 bits per heavy atom. The molecule has 0 aliphatic rings. The van der Waals surface area contributed by atoms with E-state index in [9.17, 15) is 9.59 Å². The van der Waals surface area contributed by atoms with Crippen LogP contribution in [0.3, 0.4) is 0 Å². The number of nitrogens with zero attached hydrogens (tertiary/aromatic N) is 2. The maximum atomic E-state index is 12.5. The van der Waals surface area contributed by atoms with Crippen molar-refractivity contribution in [3.05, 3.63) is 58.8 Å². The molecule has 9 heteroatoms. The van der Waals surface area contributed by atoms with Gasteiger partial charge in [0.2, 0.25) is 5.91 Å². The highest BCUT2D eigenvalue weighted by Gasteiger charge is 2.15. The minimum Gasteiger partial charge on any atom is -0.469 e. The van der Waals surface area contributed by atoms with Crippen molar-refractivity contribution in [3.63, 3.8) is 0 Å². The summed E-state index contributed by atoms with van der Waals surface area (Å²) in [6.07, 6.45) is 4.69. The molecule has 3 heterocycles. The molecule has 3 aromatic heterocycles. The van der Waals surface area contributed by atoms with E-state index in [4.69, 9.17) is 4.42 Å². The Kier molecular flexibility index (Phi) is 6.13. The minimum atomic E-state index is -0.289.